The average Bonchev–Trinajstić information content (AvgIpc) is 2.20. The van der Waals surface area contributed by atoms with Crippen molar-refractivity contribution in [2.75, 3.05) is 0 Å². The van der Waals surface area contributed by atoms with Gasteiger partial charge in [0.1, 0.15) is 5.82 Å². The van der Waals surface area contributed by atoms with Gasteiger partial charge in [-0.05, 0) is 31.5 Å². The normalized spacial score (nSPS) is 14.7. The first-order chi connectivity index (χ1) is 6.91. The molecule has 0 heterocycles. The summed E-state index contributed by atoms with van der Waals surface area (Å²) in [6.45, 7) is 3.26. The summed E-state index contributed by atoms with van der Waals surface area (Å²) in [5.74, 6) is -1.49. The highest BCUT2D eigenvalue weighted by Crippen LogP contribution is 2.31. The summed E-state index contributed by atoms with van der Waals surface area (Å²) in [4.78, 5) is 11.1. The van der Waals surface area contributed by atoms with Crippen molar-refractivity contribution in [1.82, 2.24) is 0 Å². The van der Waals surface area contributed by atoms with Crippen LogP contribution in [-0.2, 0) is 10.2 Å². The number of rotatable bonds is 3. The third-order valence-electron chi connectivity index (χ3n) is 2.70. The summed E-state index contributed by atoms with van der Waals surface area (Å²) < 4.78 is 14.2. The van der Waals surface area contributed by atoms with E-state index in [1.807, 2.05) is 0 Å². The lowest BCUT2D eigenvalue weighted by Gasteiger charge is -2.24. The molecule has 1 atom stereocenters. The zero-order chi connectivity index (χ0) is 11.6. The summed E-state index contributed by atoms with van der Waals surface area (Å²) in [6.07, 6.45) is 0.343. The predicted molar refractivity (Wildman–Crippen MR) is 59.4 cm³/mol. The number of carboxylic acid groups (broad SMARTS) is 1. The monoisotopic (exact) mass is 274 g/mol. The van der Waals surface area contributed by atoms with Crippen LogP contribution in [0.1, 0.15) is 25.8 Å². The van der Waals surface area contributed by atoms with Crippen molar-refractivity contribution in [2.45, 2.75) is 25.7 Å². The maximum absolute atomic E-state index is 13.5. The Hall–Kier alpha value is -0.900. The zero-order valence-electron chi connectivity index (χ0n) is 8.55. The van der Waals surface area contributed by atoms with E-state index in [1.165, 1.54) is 19.1 Å². The van der Waals surface area contributed by atoms with E-state index >= 15 is 0 Å². The number of benzene rings is 1. The molecule has 0 amide bonds. The first-order valence-corrected chi connectivity index (χ1v) is 5.40. The summed E-state index contributed by atoms with van der Waals surface area (Å²) in [5, 5.41) is 9.12. The Labute approximate surface area is 96.2 Å². The molecule has 1 rings (SSSR count). The second kappa shape index (κ2) is 4.31. The van der Waals surface area contributed by atoms with E-state index in [-0.39, 0.29) is 5.56 Å². The Balaban J connectivity index is 3.35. The van der Waals surface area contributed by atoms with Crippen LogP contribution in [0.3, 0.4) is 0 Å². The van der Waals surface area contributed by atoms with Crippen LogP contribution in [0.4, 0.5) is 4.39 Å². The minimum Gasteiger partial charge on any atom is -0.481 e. The molecule has 4 heteroatoms. The van der Waals surface area contributed by atoms with Crippen molar-refractivity contribution < 1.29 is 14.3 Å². The van der Waals surface area contributed by atoms with Gasteiger partial charge >= 0.3 is 5.97 Å². The van der Waals surface area contributed by atoms with Crippen molar-refractivity contribution in [1.29, 1.82) is 0 Å². The SMILES string of the molecule is CCC(C)(C(=O)O)c1cc(Br)ccc1F. The third kappa shape index (κ3) is 2.20. The molecule has 0 saturated heterocycles. The number of hydrogen-bond acceptors (Lipinski definition) is 1. The van der Waals surface area contributed by atoms with E-state index in [4.69, 9.17) is 5.11 Å². The summed E-state index contributed by atoms with van der Waals surface area (Å²) >= 11 is 3.21. The number of carboxylic acids is 1. The number of halogens is 2. The fraction of sp³-hybridized carbons (Fsp3) is 0.364. The first kappa shape index (κ1) is 12.2. The number of aliphatic carboxylic acids is 1. The highest BCUT2D eigenvalue weighted by Gasteiger charge is 2.35. The molecule has 0 fully saturated rings. The molecular weight excluding hydrogens is 263 g/mol. The average molecular weight is 275 g/mol. The molecule has 1 unspecified atom stereocenters. The van der Waals surface area contributed by atoms with Crippen LogP contribution >= 0.6 is 15.9 Å². The lowest BCUT2D eigenvalue weighted by atomic mass is 9.80. The largest absolute Gasteiger partial charge is 0.481 e. The highest BCUT2D eigenvalue weighted by atomic mass is 79.9. The van der Waals surface area contributed by atoms with Crippen molar-refractivity contribution in [3.63, 3.8) is 0 Å². The van der Waals surface area contributed by atoms with Crippen molar-refractivity contribution in [3.05, 3.63) is 34.1 Å². The van der Waals surface area contributed by atoms with E-state index in [0.717, 1.165) is 0 Å². The Morgan fingerprint density at radius 1 is 1.60 bits per heavy atom. The van der Waals surface area contributed by atoms with Crippen LogP contribution in [0.25, 0.3) is 0 Å². The predicted octanol–water partition coefficient (Wildman–Crippen LogP) is 3.34. The smallest absolute Gasteiger partial charge is 0.313 e. The molecule has 82 valence electrons. The summed E-state index contributed by atoms with van der Waals surface area (Å²) in [6, 6.07) is 4.35. The molecule has 0 saturated carbocycles. The Morgan fingerprint density at radius 3 is 2.67 bits per heavy atom. The Morgan fingerprint density at radius 2 is 2.20 bits per heavy atom. The quantitative estimate of drug-likeness (QED) is 0.918. The molecular formula is C11H12BrFO2. The molecule has 0 aliphatic carbocycles. The van der Waals surface area contributed by atoms with Crippen LogP contribution in [0.15, 0.2) is 22.7 Å². The van der Waals surface area contributed by atoms with Crippen LogP contribution in [0, 0.1) is 5.82 Å². The van der Waals surface area contributed by atoms with Crippen LogP contribution < -0.4 is 0 Å². The van der Waals surface area contributed by atoms with Gasteiger partial charge in [0.25, 0.3) is 0 Å². The van der Waals surface area contributed by atoms with E-state index in [2.05, 4.69) is 15.9 Å². The molecule has 1 aromatic carbocycles. The molecule has 1 N–H and O–H groups in total. The molecule has 0 spiro atoms. The molecule has 0 bridgehead atoms. The van der Waals surface area contributed by atoms with Gasteiger partial charge in [0, 0.05) is 10.0 Å². The fourth-order valence-corrected chi connectivity index (χ4v) is 1.74. The Kier molecular flexibility index (Phi) is 3.50. The molecule has 0 aliphatic heterocycles. The van der Waals surface area contributed by atoms with Crippen LogP contribution in [-0.4, -0.2) is 11.1 Å². The number of hydrogen-bond donors (Lipinski definition) is 1. The lowest BCUT2D eigenvalue weighted by molar-refractivity contribution is -0.143. The topological polar surface area (TPSA) is 37.3 Å². The minimum absolute atomic E-state index is 0.215. The molecule has 1 aromatic rings. The van der Waals surface area contributed by atoms with Gasteiger partial charge in [-0.1, -0.05) is 22.9 Å². The standard InChI is InChI=1S/C11H12BrFO2/c1-3-11(2,10(14)15)8-6-7(12)4-5-9(8)13/h4-6H,3H2,1-2H3,(H,14,15). The minimum atomic E-state index is -1.17. The fourth-order valence-electron chi connectivity index (χ4n) is 1.38. The van der Waals surface area contributed by atoms with Gasteiger partial charge in [0.2, 0.25) is 0 Å². The van der Waals surface area contributed by atoms with Gasteiger partial charge < -0.3 is 5.11 Å². The van der Waals surface area contributed by atoms with Gasteiger partial charge in [-0.15, -0.1) is 0 Å². The van der Waals surface area contributed by atoms with Gasteiger partial charge in [0.05, 0.1) is 5.41 Å². The van der Waals surface area contributed by atoms with Crippen LogP contribution in [0.5, 0.6) is 0 Å². The first-order valence-electron chi connectivity index (χ1n) is 4.60. The van der Waals surface area contributed by atoms with Gasteiger partial charge in [-0.25, -0.2) is 4.39 Å². The van der Waals surface area contributed by atoms with Crippen molar-refractivity contribution in [3.8, 4) is 0 Å². The molecule has 0 aromatic heterocycles. The van der Waals surface area contributed by atoms with Crippen molar-refractivity contribution in [2.24, 2.45) is 0 Å². The van der Waals surface area contributed by atoms with Gasteiger partial charge in [-0.2, -0.15) is 0 Å². The Bertz CT molecular complexity index is 392. The van der Waals surface area contributed by atoms with Gasteiger partial charge in [0.15, 0.2) is 0 Å². The molecule has 2 nitrogen and oxygen atoms in total. The van der Waals surface area contributed by atoms with E-state index in [9.17, 15) is 9.18 Å². The van der Waals surface area contributed by atoms with Crippen LogP contribution in [0.2, 0.25) is 0 Å². The maximum Gasteiger partial charge on any atom is 0.313 e. The summed E-state index contributed by atoms with van der Waals surface area (Å²) in [7, 11) is 0. The van der Waals surface area contributed by atoms with E-state index < -0.39 is 17.2 Å². The molecule has 0 radical (unpaired) electrons. The van der Waals surface area contributed by atoms with E-state index in [0.29, 0.717) is 10.9 Å². The molecule has 0 aliphatic rings. The highest BCUT2D eigenvalue weighted by molar-refractivity contribution is 9.10. The zero-order valence-corrected chi connectivity index (χ0v) is 10.1. The molecule has 15 heavy (non-hydrogen) atoms. The van der Waals surface area contributed by atoms with E-state index in [1.54, 1.807) is 13.0 Å². The maximum atomic E-state index is 13.5. The van der Waals surface area contributed by atoms with Crippen molar-refractivity contribution >= 4 is 21.9 Å². The third-order valence-corrected chi connectivity index (χ3v) is 3.20. The summed E-state index contributed by atoms with van der Waals surface area (Å²) in [5.41, 5.74) is -0.958. The number of carbonyl (C=O) groups is 1. The second-order valence-corrected chi connectivity index (χ2v) is 4.53. The second-order valence-electron chi connectivity index (χ2n) is 3.61. The lowest BCUT2D eigenvalue weighted by Crippen LogP contribution is -2.32. The van der Waals surface area contributed by atoms with Gasteiger partial charge in [-0.3, -0.25) is 4.79 Å².